The Morgan fingerprint density at radius 2 is 2.00 bits per heavy atom. The van der Waals surface area contributed by atoms with Gasteiger partial charge in [-0.05, 0) is 55.7 Å². The van der Waals surface area contributed by atoms with Crippen LogP contribution >= 0.6 is 24.0 Å². The Balaban J connectivity index is 0.00000320. The molecule has 2 saturated heterocycles. The van der Waals surface area contributed by atoms with E-state index in [-0.39, 0.29) is 35.5 Å². The first-order valence-electron chi connectivity index (χ1n) is 11.3. The lowest BCUT2D eigenvalue weighted by atomic mass is 9.78. The second-order valence-electron chi connectivity index (χ2n) is 9.35. The van der Waals surface area contributed by atoms with Crippen LogP contribution in [0.4, 0.5) is 5.82 Å². The topological polar surface area (TPSA) is 61.8 Å². The number of hydrogen-bond donors (Lipinski definition) is 2. The summed E-state index contributed by atoms with van der Waals surface area (Å²) in [6.07, 6.45) is 7.07. The van der Waals surface area contributed by atoms with Crippen LogP contribution in [0.15, 0.2) is 23.3 Å². The average Bonchev–Trinajstić information content (AvgIpc) is 3.25. The molecule has 0 spiro atoms. The molecule has 3 heterocycles. The predicted molar refractivity (Wildman–Crippen MR) is 136 cm³/mol. The van der Waals surface area contributed by atoms with Gasteiger partial charge in [0.1, 0.15) is 5.82 Å². The second-order valence-corrected chi connectivity index (χ2v) is 9.35. The van der Waals surface area contributed by atoms with Crippen molar-refractivity contribution >= 4 is 35.8 Å². The highest BCUT2D eigenvalue weighted by Crippen LogP contribution is 2.33. The number of ether oxygens (including phenoxy) is 1. The zero-order valence-electron chi connectivity index (χ0n) is 19.1. The highest BCUT2D eigenvalue weighted by Gasteiger charge is 2.35. The van der Waals surface area contributed by atoms with Gasteiger partial charge >= 0.3 is 0 Å². The first kappa shape index (κ1) is 25.2. The van der Waals surface area contributed by atoms with Gasteiger partial charge in [-0.15, -0.1) is 24.0 Å². The minimum absolute atomic E-state index is 0. The van der Waals surface area contributed by atoms with Crippen molar-refractivity contribution in [1.82, 2.24) is 15.6 Å². The highest BCUT2D eigenvalue weighted by atomic mass is 127. The van der Waals surface area contributed by atoms with Gasteiger partial charge in [0.25, 0.3) is 0 Å². The Morgan fingerprint density at radius 3 is 2.70 bits per heavy atom. The SMILES string of the molecule is CCNC(=NCc1ccnc(N2CCCC2)c1)NCC1CCCOC1C(C)(C)C.I. The van der Waals surface area contributed by atoms with Crippen LogP contribution in [0.3, 0.4) is 0 Å². The van der Waals surface area contributed by atoms with Crippen molar-refractivity contribution in [2.24, 2.45) is 16.3 Å². The van der Waals surface area contributed by atoms with Crippen LogP contribution in [0.5, 0.6) is 0 Å². The number of halogens is 1. The largest absolute Gasteiger partial charge is 0.377 e. The van der Waals surface area contributed by atoms with E-state index >= 15 is 0 Å². The molecule has 3 rings (SSSR count). The van der Waals surface area contributed by atoms with E-state index in [2.05, 4.69) is 60.3 Å². The van der Waals surface area contributed by atoms with Crippen LogP contribution in [0.1, 0.15) is 58.9 Å². The molecule has 0 radical (unpaired) electrons. The van der Waals surface area contributed by atoms with Gasteiger partial charge in [-0.2, -0.15) is 0 Å². The highest BCUT2D eigenvalue weighted by molar-refractivity contribution is 14.0. The van der Waals surface area contributed by atoms with Gasteiger partial charge in [0, 0.05) is 44.9 Å². The predicted octanol–water partition coefficient (Wildman–Crippen LogP) is 4.20. The van der Waals surface area contributed by atoms with Crippen molar-refractivity contribution in [3.63, 3.8) is 0 Å². The van der Waals surface area contributed by atoms with E-state index in [1.807, 2.05) is 6.20 Å². The van der Waals surface area contributed by atoms with E-state index in [4.69, 9.17) is 9.73 Å². The molecule has 0 aliphatic carbocycles. The molecule has 30 heavy (non-hydrogen) atoms. The minimum atomic E-state index is 0. The zero-order chi connectivity index (χ0) is 20.7. The summed E-state index contributed by atoms with van der Waals surface area (Å²) < 4.78 is 6.13. The second kappa shape index (κ2) is 12.1. The Kier molecular flexibility index (Phi) is 10.1. The van der Waals surface area contributed by atoms with Crippen molar-refractivity contribution in [3.05, 3.63) is 23.9 Å². The van der Waals surface area contributed by atoms with Crippen molar-refractivity contribution in [2.75, 3.05) is 37.7 Å². The molecular weight excluding hydrogens is 489 g/mol. The van der Waals surface area contributed by atoms with E-state index in [0.29, 0.717) is 12.5 Å². The van der Waals surface area contributed by atoms with Crippen molar-refractivity contribution < 1.29 is 4.74 Å². The van der Waals surface area contributed by atoms with Gasteiger partial charge in [0.2, 0.25) is 0 Å². The normalized spacial score (nSPS) is 22.5. The molecule has 0 aromatic carbocycles. The molecule has 0 saturated carbocycles. The third-order valence-electron chi connectivity index (χ3n) is 5.83. The minimum Gasteiger partial charge on any atom is -0.377 e. The summed E-state index contributed by atoms with van der Waals surface area (Å²) in [5.74, 6) is 2.47. The third kappa shape index (κ3) is 7.25. The fourth-order valence-corrected chi connectivity index (χ4v) is 4.43. The fourth-order valence-electron chi connectivity index (χ4n) is 4.43. The standard InChI is InChI=1S/C23H39N5O.HI/c1-5-24-22(27-17-19-9-8-14-29-21(19)23(2,3)4)26-16-18-10-11-25-20(15-18)28-12-6-7-13-28;/h10-11,15,19,21H,5-9,12-14,16-17H2,1-4H3,(H2,24,26,27);1H. The summed E-state index contributed by atoms with van der Waals surface area (Å²) in [4.78, 5) is 11.7. The molecule has 1 aromatic rings. The van der Waals surface area contributed by atoms with Crippen LogP contribution in [-0.4, -0.2) is 49.8 Å². The molecule has 2 N–H and O–H groups in total. The summed E-state index contributed by atoms with van der Waals surface area (Å²) in [6, 6.07) is 4.25. The summed E-state index contributed by atoms with van der Waals surface area (Å²) in [5, 5.41) is 6.95. The first-order valence-corrected chi connectivity index (χ1v) is 11.3. The molecule has 0 bridgehead atoms. The van der Waals surface area contributed by atoms with Crippen LogP contribution in [0.2, 0.25) is 0 Å². The lowest BCUT2D eigenvalue weighted by Gasteiger charge is -2.40. The van der Waals surface area contributed by atoms with Crippen molar-refractivity contribution in [2.45, 2.75) is 66.0 Å². The Hall–Kier alpha value is -1.09. The molecule has 2 unspecified atom stereocenters. The number of aromatic nitrogens is 1. The quantitative estimate of drug-likeness (QED) is 0.329. The van der Waals surface area contributed by atoms with Crippen LogP contribution in [0.25, 0.3) is 0 Å². The molecule has 170 valence electrons. The number of guanidine groups is 1. The number of rotatable bonds is 6. The summed E-state index contributed by atoms with van der Waals surface area (Å²) in [7, 11) is 0. The van der Waals surface area contributed by atoms with E-state index < -0.39 is 0 Å². The molecular formula is C23H40IN5O. The Bertz CT molecular complexity index is 670. The van der Waals surface area contributed by atoms with Gasteiger partial charge in [-0.3, -0.25) is 0 Å². The lowest BCUT2D eigenvalue weighted by Crippen LogP contribution is -2.47. The monoisotopic (exact) mass is 529 g/mol. The Labute approximate surface area is 199 Å². The Morgan fingerprint density at radius 1 is 1.23 bits per heavy atom. The first-order chi connectivity index (χ1) is 14.0. The summed E-state index contributed by atoms with van der Waals surface area (Å²) in [5.41, 5.74) is 1.36. The van der Waals surface area contributed by atoms with Gasteiger partial charge in [0.05, 0.1) is 12.6 Å². The summed E-state index contributed by atoms with van der Waals surface area (Å²) in [6.45, 7) is 14.4. The lowest BCUT2D eigenvalue weighted by molar-refractivity contribution is -0.0835. The number of anilines is 1. The van der Waals surface area contributed by atoms with Crippen LogP contribution < -0.4 is 15.5 Å². The smallest absolute Gasteiger partial charge is 0.191 e. The molecule has 7 heteroatoms. The van der Waals surface area contributed by atoms with Gasteiger partial charge in [0.15, 0.2) is 5.96 Å². The van der Waals surface area contributed by atoms with Gasteiger partial charge < -0.3 is 20.3 Å². The maximum absolute atomic E-state index is 6.13. The molecule has 0 amide bonds. The number of aliphatic imine (C=N–C) groups is 1. The zero-order valence-corrected chi connectivity index (χ0v) is 21.4. The number of nitrogens with zero attached hydrogens (tertiary/aromatic N) is 3. The van der Waals surface area contributed by atoms with E-state index in [9.17, 15) is 0 Å². The van der Waals surface area contributed by atoms with Crippen LogP contribution in [-0.2, 0) is 11.3 Å². The molecule has 2 atom stereocenters. The van der Waals surface area contributed by atoms with Gasteiger partial charge in [-0.1, -0.05) is 20.8 Å². The maximum atomic E-state index is 6.13. The van der Waals surface area contributed by atoms with E-state index in [1.165, 1.54) is 24.8 Å². The molecule has 6 nitrogen and oxygen atoms in total. The molecule has 2 aliphatic heterocycles. The van der Waals surface area contributed by atoms with E-state index in [1.54, 1.807) is 0 Å². The molecule has 2 aliphatic rings. The average molecular weight is 530 g/mol. The van der Waals surface area contributed by atoms with E-state index in [0.717, 1.165) is 51.0 Å². The number of nitrogens with one attached hydrogen (secondary N) is 2. The van der Waals surface area contributed by atoms with Crippen LogP contribution in [0, 0.1) is 11.3 Å². The summed E-state index contributed by atoms with van der Waals surface area (Å²) >= 11 is 0. The van der Waals surface area contributed by atoms with Crippen molar-refractivity contribution in [1.29, 1.82) is 0 Å². The van der Waals surface area contributed by atoms with Crippen molar-refractivity contribution in [3.8, 4) is 0 Å². The number of pyridine rings is 1. The maximum Gasteiger partial charge on any atom is 0.191 e. The van der Waals surface area contributed by atoms with Gasteiger partial charge in [-0.25, -0.2) is 9.98 Å². The fraction of sp³-hybridized carbons (Fsp3) is 0.739. The number of hydrogen-bond acceptors (Lipinski definition) is 4. The third-order valence-corrected chi connectivity index (χ3v) is 5.83. The molecule has 2 fully saturated rings. The molecule has 1 aromatic heterocycles.